The van der Waals surface area contributed by atoms with Gasteiger partial charge in [0.05, 0.1) is 40.7 Å². The third-order valence-electron chi connectivity index (χ3n) is 6.93. The van der Waals surface area contributed by atoms with Gasteiger partial charge in [0.25, 0.3) is 5.89 Å². The van der Waals surface area contributed by atoms with Gasteiger partial charge in [-0.25, -0.2) is 4.79 Å². The van der Waals surface area contributed by atoms with E-state index in [2.05, 4.69) is 41.1 Å². The fourth-order valence-corrected chi connectivity index (χ4v) is 4.39. The lowest BCUT2D eigenvalue weighted by Crippen LogP contribution is -2.17. The monoisotopic (exact) mass is 725 g/mol. The van der Waals surface area contributed by atoms with Crippen LogP contribution in [-0.4, -0.2) is 46.4 Å². The largest absolute Gasteiger partial charge is 0.462 e. The number of rotatable bonds is 8. The van der Waals surface area contributed by atoms with Crippen molar-refractivity contribution in [3.05, 3.63) is 120 Å². The third-order valence-corrected chi connectivity index (χ3v) is 6.93. The molecule has 268 valence electrons. The van der Waals surface area contributed by atoms with Gasteiger partial charge < -0.3 is 29.5 Å². The molecule has 0 aliphatic rings. The zero-order chi connectivity index (χ0) is 37.5. The lowest BCUT2D eigenvalue weighted by atomic mass is 10.1. The van der Waals surface area contributed by atoms with Crippen LogP contribution < -0.4 is 16.0 Å². The lowest BCUT2D eigenvalue weighted by Gasteiger charge is -2.11. The number of esters is 1. The highest BCUT2D eigenvalue weighted by Crippen LogP contribution is 2.34. The molecule has 6 rings (SSSR count). The maximum Gasteiger partial charge on any atom is 0.416 e. The summed E-state index contributed by atoms with van der Waals surface area (Å²) in [6.45, 7) is 0. The van der Waals surface area contributed by atoms with Crippen molar-refractivity contribution in [1.29, 1.82) is 0 Å². The van der Waals surface area contributed by atoms with Crippen LogP contribution in [-0.2, 0) is 17.1 Å². The number of ether oxygens (including phenoxy) is 1. The van der Waals surface area contributed by atoms with E-state index in [1.165, 1.54) is 38.4 Å². The Labute approximate surface area is 289 Å². The average molecular weight is 726 g/mol. The number of nitrogens with zero attached hydrogens (tertiary/aromatic N) is 4. The molecular weight excluding hydrogens is 700 g/mol. The average Bonchev–Trinajstić information content (AvgIpc) is 3.83. The van der Waals surface area contributed by atoms with Gasteiger partial charge in [0.15, 0.2) is 0 Å². The number of alkyl halides is 6. The Morgan fingerprint density at radius 2 is 1.00 bits per heavy atom. The summed E-state index contributed by atoms with van der Waals surface area (Å²) >= 11 is 0. The predicted molar refractivity (Wildman–Crippen MR) is 174 cm³/mol. The fourth-order valence-electron chi connectivity index (χ4n) is 4.39. The summed E-state index contributed by atoms with van der Waals surface area (Å²) < 4.78 is 91.0. The number of amides is 1. The smallest absolute Gasteiger partial charge is 0.416 e. The van der Waals surface area contributed by atoms with Gasteiger partial charge in [-0.2, -0.15) is 26.3 Å². The molecular formula is C34H25F6N7O5. The normalized spacial score (nSPS) is 11.2. The molecule has 0 unspecified atom stereocenters. The van der Waals surface area contributed by atoms with Crippen LogP contribution in [0.3, 0.4) is 0 Å². The molecule has 0 aliphatic heterocycles. The first-order chi connectivity index (χ1) is 24.8. The van der Waals surface area contributed by atoms with E-state index < -0.39 is 35.4 Å². The number of hydrogen-bond acceptors (Lipinski definition) is 11. The van der Waals surface area contributed by atoms with Gasteiger partial charge in [-0.15, -0.1) is 20.4 Å². The number of carbonyl (C=O) groups is 2. The molecule has 0 spiro atoms. The second-order valence-corrected chi connectivity index (χ2v) is 10.4. The predicted octanol–water partition coefficient (Wildman–Crippen LogP) is 8.14. The van der Waals surface area contributed by atoms with E-state index in [4.69, 9.17) is 8.83 Å². The van der Waals surface area contributed by atoms with Crippen LogP contribution in [0.15, 0.2) is 106 Å². The number of nitrogens with one attached hydrogen (secondary N) is 3. The van der Waals surface area contributed by atoms with Crippen molar-refractivity contribution >= 4 is 34.6 Å². The second-order valence-electron chi connectivity index (χ2n) is 10.4. The molecule has 0 atom stereocenters. The molecule has 1 amide bonds. The molecule has 4 aromatic carbocycles. The summed E-state index contributed by atoms with van der Waals surface area (Å²) in [5.41, 5.74) is 1.48. The molecule has 18 heteroatoms. The number of para-hydroxylation sites is 2. The van der Waals surface area contributed by atoms with Crippen molar-refractivity contribution in [2.45, 2.75) is 12.4 Å². The fraction of sp³-hybridized carbons (Fsp3) is 0.118. The highest BCUT2D eigenvalue weighted by molar-refractivity contribution is 5.89. The third kappa shape index (κ3) is 8.89. The van der Waals surface area contributed by atoms with E-state index in [1.807, 2.05) is 0 Å². The molecule has 0 aliphatic carbocycles. The maximum atomic E-state index is 12.6. The SMILES string of the molecule is CNC(=O)c1nnc(-c2ccccc2Nc2ccc(C(F)(F)F)cc2)o1.COC(=O)c1nnc(-c2ccccc2Nc2ccc(C(F)(F)F)cc2)o1. The van der Waals surface area contributed by atoms with Gasteiger partial charge in [-0.05, 0) is 72.8 Å². The van der Waals surface area contributed by atoms with Crippen LogP contribution in [0.2, 0.25) is 0 Å². The molecule has 3 N–H and O–H groups in total. The van der Waals surface area contributed by atoms with Crippen molar-refractivity contribution in [2.75, 3.05) is 24.8 Å². The number of carbonyl (C=O) groups excluding carboxylic acids is 2. The van der Waals surface area contributed by atoms with Gasteiger partial charge in [0.1, 0.15) is 0 Å². The number of hydrogen-bond donors (Lipinski definition) is 3. The van der Waals surface area contributed by atoms with Crippen molar-refractivity contribution < 1.29 is 49.5 Å². The molecule has 2 heterocycles. The van der Waals surface area contributed by atoms with E-state index >= 15 is 0 Å². The van der Waals surface area contributed by atoms with Crippen LogP contribution in [0.5, 0.6) is 0 Å². The second kappa shape index (κ2) is 15.4. The Morgan fingerprint density at radius 1 is 0.596 bits per heavy atom. The summed E-state index contributed by atoms with van der Waals surface area (Å²) in [6.07, 6.45) is -8.79. The summed E-state index contributed by atoms with van der Waals surface area (Å²) in [4.78, 5) is 23.0. The molecule has 52 heavy (non-hydrogen) atoms. The van der Waals surface area contributed by atoms with Crippen LogP contribution in [0.4, 0.5) is 49.1 Å². The Hall–Kier alpha value is -6.72. The Bertz CT molecular complexity index is 1990. The van der Waals surface area contributed by atoms with Crippen molar-refractivity contribution in [3.8, 4) is 22.9 Å². The molecule has 0 bridgehead atoms. The first-order valence-electron chi connectivity index (χ1n) is 14.8. The molecule has 6 aromatic rings. The molecule has 0 saturated heterocycles. The lowest BCUT2D eigenvalue weighted by molar-refractivity contribution is -0.138. The summed E-state index contributed by atoms with van der Waals surface area (Å²) in [7, 11) is 2.62. The first kappa shape index (κ1) is 36.6. The number of methoxy groups -OCH3 is 1. The molecule has 0 fully saturated rings. The minimum absolute atomic E-state index is 0.0698. The van der Waals surface area contributed by atoms with Crippen LogP contribution in [0.25, 0.3) is 22.9 Å². The Morgan fingerprint density at radius 3 is 1.40 bits per heavy atom. The number of halogens is 6. The van der Waals surface area contributed by atoms with Gasteiger partial charge >= 0.3 is 36.0 Å². The van der Waals surface area contributed by atoms with Gasteiger partial charge in [-0.3, -0.25) is 4.79 Å². The molecule has 12 nitrogen and oxygen atoms in total. The van der Waals surface area contributed by atoms with E-state index in [1.54, 1.807) is 48.5 Å². The topological polar surface area (TPSA) is 157 Å². The zero-order valence-electron chi connectivity index (χ0n) is 26.8. The van der Waals surface area contributed by atoms with Crippen LogP contribution in [0.1, 0.15) is 32.5 Å². The van der Waals surface area contributed by atoms with Crippen molar-refractivity contribution in [3.63, 3.8) is 0 Å². The van der Waals surface area contributed by atoms with Gasteiger partial charge in [0.2, 0.25) is 5.89 Å². The van der Waals surface area contributed by atoms with E-state index in [0.717, 1.165) is 24.3 Å². The van der Waals surface area contributed by atoms with Gasteiger partial charge in [0, 0.05) is 18.4 Å². The number of anilines is 4. The maximum absolute atomic E-state index is 12.6. The number of benzene rings is 4. The highest BCUT2D eigenvalue weighted by Gasteiger charge is 2.31. The molecule has 0 saturated carbocycles. The quantitative estimate of drug-likeness (QED) is 0.103. The standard InChI is InChI=1S/C17H13F3N4O2.C17H12F3N3O3/c1-21-14(25)16-24-23-15(26-16)12-4-2-3-5-13(12)22-11-8-6-10(7-9-11)17(18,19)20;1-25-16(24)15-23-22-14(26-15)12-4-2-3-5-13(12)21-11-8-6-10(7-9-11)17(18,19)20/h2-9,22H,1H3,(H,21,25);2-9,21H,1H3. The van der Waals surface area contributed by atoms with Gasteiger partial charge in [-0.1, -0.05) is 24.3 Å². The Kier molecular flexibility index (Phi) is 10.9. The zero-order valence-corrected chi connectivity index (χ0v) is 26.8. The number of aromatic nitrogens is 4. The summed E-state index contributed by atoms with van der Waals surface area (Å²) in [5.74, 6) is -1.59. The van der Waals surface area contributed by atoms with Crippen molar-refractivity contribution in [1.82, 2.24) is 25.7 Å². The van der Waals surface area contributed by atoms with E-state index in [0.29, 0.717) is 33.9 Å². The summed E-state index contributed by atoms with van der Waals surface area (Å²) in [5, 5.41) is 23.3. The summed E-state index contributed by atoms with van der Waals surface area (Å²) in [6, 6.07) is 22.9. The van der Waals surface area contributed by atoms with E-state index in [-0.39, 0.29) is 23.6 Å². The van der Waals surface area contributed by atoms with E-state index in [9.17, 15) is 35.9 Å². The minimum atomic E-state index is -4.40. The van der Waals surface area contributed by atoms with Crippen LogP contribution >= 0.6 is 0 Å². The highest BCUT2D eigenvalue weighted by atomic mass is 19.4. The minimum Gasteiger partial charge on any atom is -0.462 e. The first-order valence-corrected chi connectivity index (χ1v) is 14.8. The Balaban J connectivity index is 0.000000201. The van der Waals surface area contributed by atoms with Crippen molar-refractivity contribution in [2.24, 2.45) is 0 Å². The molecule has 0 radical (unpaired) electrons. The van der Waals surface area contributed by atoms with Crippen LogP contribution in [0, 0.1) is 0 Å². The molecule has 2 aromatic heterocycles.